The van der Waals surface area contributed by atoms with Crippen molar-refractivity contribution >= 4 is 33.1 Å². The van der Waals surface area contributed by atoms with Crippen LogP contribution in [0.4, 0.5) is 17.2 Å². The number of aryl methyl sites for hydroxylation is 1. The number of nitrogens with zero attached hydrogens (tertiary/aromatic N) is 4. The van der Waals surface area contributed by atoms with Gasteiger partial charge in [-0.05, 0) is 83.4 Å². The van der Waals surface area contributed by atoms with Crippen LogP contribution in [0.5, 0.6) is 0 Å². The van der Waals surface area contributed by atoms with Crippen molar-refractivity contribution in [2.45, 2.75) is 32.9 Å². The van der Waals surface area contributed by atoms with Crippen molar-refractivity contribution in [3.05, 3.63) is 69.8 Å². The quantitative estimate of drug-likeness (QED) is 0.460. The zero-order chi connectivity index (χ0) is 21.0. The topological polar surface area (TPSA) is 43.2 Å². The second-order valence-corrected chi connectivity index (χ2v) is 9.04. The molecule has 0 radical (unpaired) electrons. The predicted octanol–water partition coefficient (Wildman–Crippen LogP) is 6.32. The Hall–Kier alpha value is -2.84. The monoisotopic (exact) mass is 458 g/mol. The lowest BCUT2D eigenvalue weighted by Crippen LogP contribution is -2.40. The smallest absolute Gasteiger partial charge is 0.159 e. The average Bonchev–Trinajstić information content (AvgIpc) is 3.56. The lowest BCUT2D eigenvalue weighted by atomic mass is 10.00. The number of nitriles is 1. The zero-order valence-electron chi connectivity index (χ0n) is 17.4. The molecule has 0 amide bonds. The molecule has 2 heterocycles. The SMILES string of the molecule is Cc1nc2c(c(C)c1Br)N(C)C(C1CC1)N2c1ccc(-c2ccccc2C#N)cc1. The molecule has 0 spiro atoms. The van der Waals surface area contributed by atoms with Crippen molar-refractivity contribution < 1.29 is 0 Å². The highest BCUT2D eigenvalue weighted by Crippen LogP contribution is 2.52. The van der Waals surface area contributed by atoms with E-state index in [4.69, 9.17) is 4.98 Å². The van der Waals surface area contributed by atoms with E-state index in [1.165, 1.54) is 24.1 Å². The van der Waals surface area contributed by atoms with Crippen molar-refractivity contribution in [2.75, 3.05) is 16.8 Å². The van der Waals surface area contributed by atoms with Crippen molar-refractivity contribution in [1.82, 2.24) is 4.98 Å². The Kier molecular flexibility index (Phi) is 4.56. The molecule has 4 nitrogen and oxygen atoms in total. The van der Waals surface area contributed by atoms with Crippen molar-refractivity contribution in [3.8, 4) is 17.2 Å². The van der Waals surface area contributed by atoms with E-state index in [2.05, 4.69) is 77.0 Å². The molecule has 150 valence electrons. The highest BCUT2D eigenvalue weighted by molar-refractivity contribution is 9.10. The lowest BCUT2D eigenvalue weighted by Gasteiger charge is -2.30. The van der Waals surface area contributed by atoms with Crippen LogP contribution in [-0.4, -0.2) is 18.2 Å². The minimum Gasteiger partial charge on any atom is -0.350 e. The predicted molar refractivity (Wildman–Crippen MR) is 125 cm³/mol. The van der Waals surface area contributed by atoms with Gasteiger partial charge < -0.3 is 9.80 Å². The lowest BCUT2D eigenvalue weighted by molar-refractivity contribution is 0.592. The number of anilines is 3. The summed E-state index contributed by atoms with van der Waals surface area (Å²) in [6.45, 7) is 4.23. The Bertz CT molecular complexity index is 1170. The average molecular weight is 459 g/mol. The van der Waals surface area contributed by atoms with Crippen LogP contribution in [0.15, 0.2) is 53.0 Å². The van der Waals surface area contributed by atoms with Crippen LogP contribution < -0.4 is 9.80 Å². The summed E-state index contributed by atoms with van der Waals surface area (Å²) in [5.41, 5.74) is 7.34. The van der Waals surface area contributed by atoms with Crippen LogP contribution in [0.3, 0.4) is 0 Å². The number of rotatable bonds is 3. The van der Waals surface area contributed by atoms with Gasteiger partial charge in [-0.3, -0.25) is 0 Å². The molecule has 1 aliphatic heterocycles. The third kappa shape index (κ3) is 2.90. The Morgan fingerprint density at radius 2 is 1.77 bits per heavy atom. The molecule has 5 rings (SSSR count). The van der Waals surface area contributed by atoms with Gasteiger partial charge in [0.25, 0.3) is 0 Å². The first-order chi connectivity index (χ1) is 14.5. The fourth-order valence-electron chi connectivity index (χ4n) is 4.66. The molecule has 0 N–H and O–H groups in total. The fraction of sp³-hybridized carbons (Fsp3) is 0.280. The number of fused-ring (bicyclic) bond motifs is 1. The molecule has 0 bridgehead atoms. The largest absolute Gasteiger partial charge is 0.350 e. The van der Waals surface area contributed by atoms with E-state index < -0.39 is 0 Å². The molecule has 2 aliphatic rings. The summed E-state index contributed by atoms with van der Waals surface area (Å²) >= 11 is 3.72. The molecule has 30 heavy (non-hydrogen) atoms. The summed E-state index contributed by atoms with van der Waals surface area (Å²) in [6, 6.07) is 18.6. The molecule has 3 aromatic rings. The molecule has 5 heteroatoms. The highest BCUT2D eigenvalue weighted by Gasteiger charge is 2.46. The second kappa shape index (κ2) is 7.14. The van der Waals surface area contributed by atoms with Gasteiger partial charge in [0.05, 0.1) is 23.0 Å². The van der Waals surface area contributed by atoms with E-state index in [1.807, 2.05) is 24.3 Å². The number of aromatic nitrogens is 1. The zero-order valence-corrected chi connectivity index (χ0v) is 18.9. The molecule has 1 aromatic heterocycles. The van der Waals surface area contributed by atoms with E-state index in [9.17, 15) is 5.26 Å². The Labute approximate surface area is 185 Å². The van der Waals surface area contributed by atoms with Crippen molar-refractivity contribution in [2.24, 2.45) is 5.92 Å². The van der Waals surface area contributed by atoms with Gasteiger partial charge in [-0.2, -0.15) is 5.26 Å². The summed E-state index contributed by atoms with van der Waals surface area (Å²) in [4.78, 5) is 9.79. The normalized spacial score (nSPS) is 17.8. The standard InChI is InChI=1S/C25H23BrN4/c1-15-22(26)16(2)28-24-23(15)29(3)25(18-8-9-18)30(24)20-12-10-17(11-13-20)21-7-5-4-6-19(21)14-27/h4-7,10-13,18,25H,8-9H2,1-3H3. The van der Waals surface area contributed by atoms with Gasteiger partial charge in [-0.1, -0.05) is 30.3 Å². The van der Waals surface area contributed by atoms with E-state index in [-0.39, 0.29) is 6.17 Å². The molecule has 1 aliphatic carbocycles. The summed E-state index contributed by atoms with van der Waals surface area (Å²) in [5, 5.41) is 9.45. The number of hydrogen-bond acceptors (Lipinski definition) is 4. The molecule has 2 aromatic carbocycles. The van der Waals surface area contributed by atoms with E-state index in [1.54, 1.807) is 0 Å². The third-order valence-electron chi connectivity index (χ3n) is 6.28. The maximum atomic E-state index is 9.45. The Morgan fingerprint density at radius 3 is 2.43 bits per heavy atom. The van der Waals surface area contributed by atoms with Crippen LogP contribution >= 0.6 is 15.9 Å². The number of hydrogen-bond donors (Lipinski definition) is 0. The summed E-state index contributed by atoms with van der Waals surface area (Å²) in [6.07, 6.45) is 2.80. The Balaban J connectivity index is 1.61. The van der Waals surface area contributed by atoms with Gasteiger partial charge in [0, 0.05) is 17.2 Å². The summed E-state index contributed by atoms with van der Waals surface area (Å²) < 4.78 is 1.09. The van der Waals surface area contributed by atoms with Crippen molar-refractivity contribution in [3.63, 3.8) is 0 Å². The number of benzene rings is 2. The first-order valence-corrected chi connectivity index (χ1v) is 11.1. The molecule has 1 saturated carbocycles. The van der Waals surface area contributed by atoms with Crippen molar-refractivity contribution in [1.29, 1.82) is 5.26 Å². The highest BCUT2D eigenvalue weighted by atomic mass is 79.9. The summed E-state index contributed by atoms with van der Waals surface area (Å²) in [5.74, 6) is 1.69. The van der Waals surface area contributed by atoms with Gasteiger partial charge in [-0.15, -0.1) is 0 Å². The van der Waals surface area contributed by atoms with E-state index >= 15 is 0 Å². The van der Waals surface area contributed by atoms with Gasteiger partial charge in [0.2, 0.25) is 0 Å². The van der Waals surface area contributed by atoms with Gasteiger partial charge in [0.1, 0.15) is 6.17 Å². The minimum atomic E-state index is 0.289. The van der Waals surface area contributed by atoms with E-state index in [0.29, 0.717) is 11.5 Å². The van der Waals surface area contributed by atoms with Crippen LogP contribution in [0, 0.1) is 31.1 Å². The van der Waals surface area contributed by atoms with E-state index in [0.717, 1.165) is 32.8 Å². The maximum absolute atomic E-state index is 9.45. The molecular formula is C25H23BrN4. The van der Waals surface area contributed by atoms with Gasteiger partial charge >= 0.3 is 0 Å². The van der Waals surface area contributed by atoms with Gasteiger partial charge in [0.15, 0.2) is 5.82 Å². The van der Waals surface area contributed by atoms with Crippen LogP contribution in [0.1, 0.15) is 29.7 Å². The molecular weight excluding hydrogens is 436 g/mol. The fourth-order valence-corrected chi connectivity index (χ4v) is 4.93. The number of pyridine rings is 1. The molecule has 1 fully saturated rings. The first kappa shape index (κ1) is 19.1. The third-order valence-corrected chi connectivity index (χ3v) is 7.45. The maximum Gasteiger partial charge on any atom is 0.159 e. The first-order valence-electron chi connectivity index (χ1n) is 10.3. The molecule has 1 atom stereocenters. The minimum absolute atomic E-state index is 0.289. The Morgan fingerprint density at radius 1 is 1.07 bits per heavy atom. The molecule has 1 unspecified atom stereocenters. The van der Waals surface area contributed by atoms with Crippen LogP contribution in [-0.2, 0) is 0 Å². The molecule has 0 saturated heterocycles. The van der Waals surface area contributed by atoms with Gasteiger partial charge in [-0.25, -0.2) is 4.98 Å². The van der Waals surface area contributed by atoms with Crippen LogP contribution in [0.2, 0.25) is 0 Å². The summed E-state index contributed by atoms with van der Waals surface area (Å²) in [7, 11) is 2.19. The van der Waals surface area contributed by atoms with Crippen LogP contribution in [0.25, 0.3) is 11.1 Å². The number of halogens is 1. The second-order valence-electron chi connectivity index (χ2n) is 8.24.